The van der Waals surface area contributed by atoms with E-state index in [1.54, 1.807) is 7.11 Å². The monoisotopic (exact) mass is 534 g/mol. The van der Waals surface area contributed by atoms with E-state index in [4.69, 9.17) is 9.47 Å². The van der Waals surface area contributed by atoms with Crippen LogP contribution in [0.2, 0.25) is 0 Å². The smallest absolute Gasteiger partial charge is 0.221 e. The molecule has 1 rings (SSSR count). The molecule has 0 aliphatic heterocycles. The van der Waals surface area contributed by atoms with E-state index in [1.165, 1.54) is 0 Å². The molecule has 0 spiro atoms. The Morgan fingerprint density at radius 1 is 1.20 bits per heavy atom. The Bertz CT molecular complexity index is 641. The van der Waals surface area contributed by atoms with E-state index in [2.05, 4.69) is 33.9 Å². The number of guanidine groups is 1. The number of hydrogen-bond donors (Lipinski definition) is 3. The fraction of sp³-hybridized carbons (Fsp3) is 0.636. The minimum absolute atomic E-state index is 0. The van der Waals surface area contributed by atoms with Gasteiger partial charge in [0.15, 0.2) is 5.96 Å². The molecule has 0 radical (unpaired) electrons. The van der Waals surface area contributed by atoms with Gasteiger partial charge in [-0.15, -0.1) is 24.0 Å². The van der Waals surface area contributed by atoms with Gasteiger partial charge in [0.05, 0.1) is 13.2 Å². The number of carbonyl (C=O) groups excluding carboxylic acids is 1. The molecule has 0 saturated heterocycles. The van der Waals surface area contributed by atoms with E-state index in [9.17, 15) is 4.79 Å². The quantitative estimate of drug-likeness (QED) is 0.157. The average Bonchev–Trinajstić information content (AvgIpc) is 2.70. The van der Waals surface area contributed by atoms with Crippen molar-refractivity contribution >= 4 is 35.8 Å². The van der Waals surface area contributed by atoms with Crippen molar-refractivity contribution < 1.29 is 14.3 Å². The van der Waals surface area contributed by atoms with Gasteiger partial charge in [-0.3, -0.25) is 4.79 Å². The number of benzene rings is 1. The van der Waals surface area contributed by atoms with Crippen molar-refractivity contribution in [2.75, 3.05) is 33.4 Å². The van der Waals surface area contributed by atoms with Crippen molar-refractivity contribution in [2.45, 2.75) is 59.5 Å². The van der Waals surface area contributed by atoms with Gasteiger partial charge in [0, 0.05) is 51.3 Å². The molecule has 3 N–H and O–H groups in total. The van der Waals surface area contributed by atoms with E-state index in [1.807, 2.05) is 32.9 Å². The fourth-order valence-corrected chi connectivity index (χ4v) is 2.56. The van der Waals surface area contributed by atoms with Crippen LogP contribution in [0.5, 0.6) is 5.75 Å². The van der Waals surface area contributed by atoms with Crippen LogP contribution in [0.4, 0.5) is 0 Å². The van der Waals surface area contributed by atoms with Crippen molar-refractivity contribution in [2.24, 2.45) is 4.99 Å². The summed E-state index contributed by atoms with van der Waals surface area (Å²) in [5.41, 5.74) is 2.18. The summed E-state index contributed by atoms with van der Waals surface area (Å²) >= 11 is 0. The van der Waals surface area contributed by atoms with Crippen molar-refractivity contribution in [1.82, 2.24) is 16.0 Å². The van der Waals surface area contributed by atoms with Crippen molar-refractivity contribution in [3.63, 3.8) is 0 Å². The molecule has 1 aromatic carbocycles. The highest BCUT2D eigenvalue weighted by atomic mass is 127. The van der Waals surface area contributed by atoms with Crippen LogP contribution < -0.4 is 20.7 Å². The minimum atomic E-state index is 0. The number of halogens is 1. The fourth-order valence-electron chi connectivity index (χ4n) is 2.56. The first-order valence-electron chi connectivity index (χ1n) is 10.5. The molecule has 0 heterocycles. The molecule has 8 heteroatoms. The summed E-state index contributed by atoms with van der Waals surface area (Å²) in [5, 5.41) is 9.41. The number of rotatable bonds is 13. The molecule has 7 nitrogen and oxygen atoms in total. The maximum atomic E-state index is 11.9. The zero-order valence-corrected chi connectivity index (χ0v) is 21.4. The van der Waals surface area contributed by atoms with Crippen molar-refractivity contribution in [1.29, 1.82) is 0 Å². The van der Waals surface area contributed by atoms with Gasteiger partial charge >= 0.3 is 0 Å². The van der Waals surface area contributed by atoms with Crippen molar-refractivity contribution in [3.05, 3.63) is 29.3 Å². The third-order valence-electron chi connectivity index (χ3n) is 4.39. The van der Waals surface area contributed by atoms with Crippen molar-refractivity contribution in [3.8, 4) is 5.75 Å². The van der Waals surface area contributed by atoms with Crippen LogP contribution in [-0.2, 0) is 16.1 Å². The molecule has 30 heavy (non-hydrogen) atoms. The van der Waals surface area contributed by atoms with Crippen LogP contribution in [-0.4, -0.2) is 51.3 Å². The SMILES string of the molecule is CCNC(=NCc1ccc(C)cc1OCCCOC)NCCC(=O)NC(C)CC.I. The molecule has 1 atom stereocenters. The number of aryl methyl sites for hydroxylation is 1. The van der Waals surface area contributed by atoms with Crippen LogP contribution >= 0.6 is 24.0 Å². The summed E-state index contributed by atoms with van der Waals surface area (Å²) in [4.78, 5) is 16.6. The average molecular weight is 534 g/mol. The largest absolute Gasteiger partial charge is 0.493 e. The normalized spacial score (nSPS) is 12.0. The summed E-state index contributed by atoms with van der Waals surface area (Å²) < 4.78 is 11.0. The standard InChI is InChI=1S/C22H38N4O3.HI/c1-6-18(4)26-21(27)11-12-24-22(23-7-2)25-16-19-10-9-17(3)15-20(19)29-14-8-13-28-5;/h9-10,15,18H,6-8,11-14,16H2,1-5H3,(H,26,27)(H2,23,24,25);1H. The highest BCUT2D eigenvalue weighted by Gasteiger charge is 2.07. The minimum Gasteiger partial charge on any atom is -0.493 e. The molecule has 0 aromatic heterocycles. The maximum Gasteiger partial charge on any atom is 0.221 e. The first kappa shape index (κ1) is 28.5. The molecular formula is C22H39IN4O3. The number of ether oxygens (including phenoxy) is 2. The maximum absolute atomic E-state index is 11.9. The summed E-state index contributed by atoms with van der Waals surface area (Å²) in [5.74, 6) is 1.59. The third-order valence-corrected chi connectivity index (χ3v) is 4.39. The summed E-state index contributed by atoms with van der Waals surface area (Å²) in [6.45, 7) is 11.2. The lowest BCUT2D eigenvalue weighted by Gasteiger charge is -2.14. The van der Waals surface area contributed by atoms with Crippen LogP contribution in [0, 0.1) is 6.92 Å². The molecule has 172 valence electrons. The highest BCUT2D eigenvalue weighted by molar-refractivity contribution is 14.0. The van der Waals surface area contributed by atoms with Gasteiger partial charge in [0.25, 0.3) is 0 Å². The molecule has 0 bridgehead atoms. The van der Waals surface area contributed by atoms with E-state index in [-0.39, 0.29) is 35.9 Å². The second-order valence-corrected chi connectivity index (χ2v) is 7.05. The Kier molecular flexibility index (Phi) is 16.3. The predicted molar refractivity (Wildman–Crippen MR) is 134 cm³/mol. The molecule has 0 fully saturated rings. The zero-order valence-electron chi connectivity index (χ0n) is 19.0. The number of hydrogen-bond acceptors (Lipinski definition) is 4. The lowest BCUT2D eigenvalue weighted by atomic mass is 10.1. The second kappa shape index (κ2) is 17.2. The number of methoxy groups -OCH3 is 1. The summed E-state index contributed by atoms with van der Waals surface area (Å²) in [6, 6.07) is 6.35. The third kappa shape index (κ3) is 12.2. The van der Waals surface area contributed by atoms with E-state index >= 15 is 0 Å². The number of amides is 1. The lowest BCUT2D eigenvalue weighted by molar-refractivity contribution is -0.121. The van der Waals surface area contributed by atoms with Gasteiger partial charge in [-0.1, -0.05) is 19.1 Å². The number of carbonyl (C=O) groups is 1. The number of aliphatic imine (C=N–C) groups is 1. The van der Waals surface area contributed by atoms with E-state index in [0.717, 1.165) is 36.3 Å². The molecule has 1 unspecified atom stereocenters. The number of nitrogens with one attached hydrogen (secondary N) is 3. The first-order chi connectivity index (χ1) is 14.0. The van der Waals surface area contributed by atoms with E-state index < -0.39 is 0 Å². The molecular weight excluding hydrogens is 495 g/mol. The Morgan fingerprint density at radius 2 is 1.97 bits per heavy atom. The van der Waals surface area contributed by atoms with Crippen LogP contribution in [0.1, 0.15) is 51.2 Å². The summed E-state index contributed by atoms with van der Waals surface area (Å²) in [7, 11) is 1.69. The Labute approximate surface area is 198 Å². The molecule has 1 amide bonds. The van der Waals surface area contributed by atoms with E-state index in [0.29, 0.717) is 38.7 Å². The first-order valence-corrected chi connectivity index (χ1v) is 10.5. The Balaban J connectivity index is 0.00000841. The van der Waals surface area contributed by atoms with Crippen LogP contribution in [0.25, 0.3) is 0 Å². The Morgan fingerprint density at radius 3 is 2.63 bits per heavy atom. The topological polar surface area (TPSA) is 84.0 Å². The lowest BCUT2D eigenvalue weighted by Crippen LogP contribution is -2.40. The highest BCUT2D eigenvalue weighted by Crippen LogP contribution is 2.21. The van der Waals surface area contributed by atoms with Gasteiger partial charge in [0.2, 0.25) is 5.91 Å². The zero-order chi connectivity index (χ0) is 21.5. The van der Waals surface area contributed by atoms with Gasteiger partial charge in [-0.05, 0) is 38.8 Å². The second-order valence-electron chi connectivity index (χ2n) is 7.05. The summed E-state index contributed by atoms with van der Waals surface area (Å²) in [6.07, 6.45) is 2.18. The van der Waals surface area contributed by atoms with Gasteiger partial charge < -0.3 is 25.4 Å². The Hall–Kier alpha value is -1.55. The van der Waals surface area contributed by atoms with Gasteiger partial charge in [-0.25, -0.2) is 4.99 Å². The predicted octanol–water partition coefficient (Wildman–Crippen LogP) is 3.39. The molecule has 1 aromatic rings. The van der Waals surface area contributed by atoms with Gasteiger partial charge in [0.1, 0.15) is 5.75 Å². The van der Waals surface area contributed by atoms with Crippen LogP contribution in [0.3, 0.4) is 0 Å². The molecule has 0 aliphatic rings. The number of nitrogens with zero attached hydrogens (tertiary/aromatic N) is 1. The molecule has 0 aliphatic carbocycles. The van der Waals surface area contributed by atoms with Gasteiger partial charge in [-0.2, -0.15) is 0 Å². The van der Waals surface area contributed by atoms with Crippen LogP contribution in [0.15, 0.2) is 23.2 Å². The molecule has 0 saturated carbocycles.